The topological polar surface area (TPSA) is 0 Å². The summed E-state index contributed by atoms with van der Waals surface area (Å²) >= 11 is 0. The van der Waals surface area contributed by atoms with Crippen LogP contribution in [-0.2, 0) is 0 Å². The van der Waals surface area contributed by atoms with Gasteiger partial charge in [0.25, 0.3) is 0 Å². The lowest BCUT2D eigenvalue weighted by Gasteiger charge is -1.99. The third-order valence-electron chi connectivity index (χ3n) is 2.42. The molecular formula is C16H14. The van der Waals surface area contributed by atoms with E-state index in [-0.39, 0.29) is 0 Å². The largest absolute Gasteiger partial charge is 0.0912 e. The lowest BCUT2D eigenvalue weighted by atomic mass is 10.1. The van der Waals surface area contributed by atoms with E-state index in [1.165, 1.54) is 5.56 Å². The molecule has 0 spiro atoms. The Morgan fingerprint density at radius 2 is 1.38 bits per heavy atom. The van der Waals surface area contributed by atoms with E-state index < -0.39 is 0 Å². The number of hydrogen-bond acceptors (Lipinski definition) is 0. The Balaban J connectivity index is 2.12. The van der Waals surface area contributed by atoms with E-state index in [0.29, 0.717) is 0 Å². The smallest absolute Gasteiger partial charge is 0.0190 e. The number of allylic oxidation sites excluding steroid dienone is 2. The summed E-state index contributed by atoms with van der Waals surface area (Å²) in [5, 5.41) is 0. The number of benzene rings is 2. The summed E-state index contributed by atoms with van der Waals surface area (Å²) in [4.78, 5) is 0. The summed E-state index contributed by atoms with van der Waals surface area (Å²) in [6.45, 7) is 4.05. The van der Waals surface area contributed by atoms with Gasteiger partial charge in [-0.05, 0) is 16.7 Å². The van der Waals surface area contributed by atoms with E-state index in [1.54, 1.807) is 0 Å². The second-order valence-electron chi connectivity index (χ2n) is 3.64. The van der Waals surface area contributed by atoms with Crippen molar-refractivity contribution < 1.29 is 0 Å². The number of hydrogen-bond donors (Lipinski definition) is 0. The Morgan fingerprint density at radius 1 is 0.812 bits per heavy atom. The van der Waals surface area contributed by atoms with Crippen LogP contribution < -0.4 is 0 Å². The van der Waals surface area contributed by atoms with Gasteiger partial charge in [-0.2, -0.15) is 0 Å². The molecule has 0 aliphatic rings. The van der Waals surface area contributed by atoms with Crippen molar-refractivity contribution in [3.8, 4) is 0 Å². The third kappa shape index (κ3) is 2.71. The minimum Gasteiger partial charge on any atom is -0.0912 e. The molecule has 0 heteroatoms. The highest BCUT2D eigenvalue weighted by molar-refractivity contribution is 5.77. The average Bonchev–Trinajstić information content (AvgIpc) is 2.38. The van der Waals surface area contributed by atoms with Crippen molar-refractivity contribution in [2.24, 2.45) is 0 Å². The van der Waals surface area contributed by atoms with Gasteiger partial charge in [-0.25, -0.2) is 0 Å². The van der Waals surface area contributed by atoms with Gasteiger partial charge in [-0.1, -0.05) is 79.4 Å². The standard InChI is InChI=1S/C16H14/c1-14(16-10-6-3-7-11-16)12-13-15-8-4-2-5-9-15/h2-13H,1H2. The fourth-order valence-electron chi connectivity index (χ4n) is 1.51. The van der Waals surface area contributed by atoms with Gasteiger partial charge >= 0.3 is 0 Å². The molecule has 0 atom stereocenters. The molecule has 0 N–H and O–H groups in total. The second kappa shape index (κ2) is 5.13. The van der Waals surface area contributed by atoms with Gasteiger partial charge in [0, 0.05) is 0 Å². The van der Waals surface area contributed by atoms with Crippen LogP contribution in [0.3, 0.4) is 0 Å². The Morgan fingerprint density at radius 3 is 2.00 bits per heavy atom. The Bertz CT molecular complexity index is 478. The summed E-state index contributed by atoms with van der Waals surface area (Å²) in [5.74, 6) is 0. The van der Waals surface area contributed by atoms with Gasteiger partial charge in [0.15, 0.2) is 0 Å². The minimum atomic E-state index is 1.03. The molecule has 0 saturated carbocycles. The first kappa shape index (κ1) is 10.4. The molecule has 0 radical (unpaired) electrons. The molecular weight excluding hydrogens is 192 g/mol. The van der Waals surface area contributed by atoms with E-state index >= 15 is 0 Å². The summed E-state index contributed by atoms with van der Waals surface area (Å²) in [5.41, 5.74) is 3.39. The molecule has 2 aromatic rings. The van der Waals surface area contributed by atoms with Crippen LogP contribution >= 0.6 is 0 Å². The second-order valence-corrected chi connectivity index (χ2v) is 3.64. The predicted molar refractivity (Wildman–Crippen MR) is 71.0 cm³/mol. The van der Waals surface area contributed by atoms with Crippen molar-refractivity contribution in [1.29, 1.82) is 0 Å². The van der Waals surface area contributed by atoms with E-state index in [4.69, 9.17) is 0 Å². The van der Waals surface area contributed by atoms with E-state index in [9.17, 15) is 0 Å². The highest BCUT2D eigenvalue weighted by atomic mass is 14.0. The van der Waals surface area contributed by atoms with Crippen LogP contribution in [0.5, 0.6) is 0 Å². The molecule has 0 saturated heterocycles. The Kier molecular flexibility index (Phi) is 3.35. The average molecular weight is 206 g/mol. The van der Waals surface area contributed by atoms with Crippen LogP contribution in [-0.4, -0.2) is 0 Å². The Labute approximate surface area is 96.6 Å². The van der Waals surface area contributed by atoms with Crippen molar-refractivity contribution in [1.82, 2.24) is 0 Å². The van der Waals surface area contributed by atoms with Crippen LogP contribution in [0.2, 0.25) is 0 Å². The van der Waals surface area contributed by atoms with Gasteiger partial charge in [0.2, 0.25) is 0 Å². The minimum absolute atomic E-state index is 1.03. The third-order valence-corrected chi connectivity index (χ3v) is 2.42. The van der Waals surface area contributed by atoms with Crippen molar-refractivity contribution in [2.45, 2.75) is 0 Å². The van der Waals surface area contributed by atoms with Gasteiger partial charge in [0.1, 0.15) is 0 Å². The van der Waals surface area contributed by atoms with Crippen LogP contribution in [0.15, 0.2) is 73.3 Å². The number of rotatable bonds is 3. The highest BCUT2D eigenvalue weighted by Gasteiger charge is 1.92. The fraction of sp³-hybridized carbons (Fsp3) is 0. The maximum atomic E-state index is 4.05. The molecule has 2 aromatic carbocycles. The highest BCUT2D eigenvalue weighted by Crippen LogP contribution is 2.14. The summed E-state index contributed by atoms with van der Waals surface area (Å²) in [6.07, 6.45) is 4.12. The van der Waals surface area contributed by atoms with E-state index in [2.05, 4.69) is 36.9 Å². The van der Waals surface area contributed by atoms with Crippen molar-refractivity contribution >= 4 is 11.6 Å². The molecule has 0 amide bonds. The van der Waals surface area contributed by atoms with E-state index in [1.807, 2.05) is 42.5 Å². The zero-order valence-corrected chi connectivity index (χ0v) is 9.14. The molecule has 2 rings (SSSR count). The van der Waals surface area contributed by atoms with E-state index in [0.717, 1.165) is 11.1 Å². The molecule has 0 aromatic heterocycles. The molecule has 0 aliphatic heterocycles. The van der Waals surface area contributed by atoms with Gasteiger partial charge in [0.05, 0.1) is 0 Å². The first-order valence-corrected chi connectivity index (χ1v) is 5.34. The normalized spacial score (nSPS) is 10.5. The SMILES string of the molecule is C=C(C=Cc1ccccc1)c1ccccc1. The zero-order valence-electron chi connectivity index (χ0n) is 9.14. The molecule has 0 nitrogen and oxygen atoms in total. The molecule has 0 unspecified atom stereocenters. The maximum absolute atomic E-state index is 4.05. The fourth-order valence-corrected chi connectivity index (χ4v) is 1.51. The van der Waals surface area contributed by atoms with Crippen molar-refractivity contribution in [3.05, 3.63) is 84.4 Å². The Hall–Kier alpha value is -2.08. The summed E-state index contributed by atoms with van der Waals surface area (Å²) in [7, 11) is 0. The molecule has 78 valence electrons. The van der Waals surface area contributed by atoms with Gasteiger partial charge in [-0.15, -0.1) is 0 Å². The van der Waals surface area contributed by atoms with Crippen LogP contribution in [0.25, 0.3) is 11.6 Å². The molecule has 0 heterocycles. The molecule has 0 fully saturated rings. The van der Waals surface area contributed by atoms with Gasteiger partial charge < -0.3 is 0 Å². The molecule has 0 aliphatic carbocycles. The van der Waals surface area contributed by atoms with Crippen molar-refractivity contribution in [2.75, 3.05) is 0 Å². The van der Waals surface area contributed by atoms with Crippen molar-refractivity contribution in [3.63, 3.8) is 0 Å². The summed E-state index contributed by atoms with van der Waals surface area (Å²) in [6, 6.07) is 20.4. The van der Waals surface area contributed by atoms with Crippen LogP contribution in [0.1, 0.15) is 11.1 Å². The predicted octanol–water partition coefficient (Wildman–Crippen LogP) is 4.41. The quantitative estimate of drug-likeness (QED) is 0.652. The molecule has 0 bridgehead atoms. The first-order chi connectivity index (χ1) is 7.86. The molecule has 16 heavy (non-hydrogen) atoms. The zero-order chi connectivity index (χ0) is 11.2. The summed E-state index contributed by atoms with van der Waals surface area (Å²) < 4.78 is 0. The van der Waals surface area contributed by atoms with Crippen LogP contribution in [0.4, 0.5) is 0 Å². The lowest BCUT2D eigenvalue weighted by Crippen LogP contribution is -1.77. The lowest BCUT2D eigenvalue weighted by molar-refractivity contribution is 1.62. The van der Waals surface area contributed by atoms with Crippen LogP contribution in [0, 0.1) is 0 Å². The monoisotopic (exact) mass is 206 g/mol. The first-order valence-electron chi connectivity index (χ1n) is 5.34. The van der Waals surface area contributed by atoms with Gasteiger partial charge in [-0.3, -0.25) is 0 Å². The maximum Gasteiger partial charge on any atom is -0.0190 e.